The lowest BCUT2D eigenvalue weighted by Gasteiger charge is -2.17. The summed E-state index contributed by atoms with van der Waals surface area (Å²) in [6, 6.07) is 8.16. The summed E-state index contributed by atoms with van der Waals surface area (Å²) in [5.41, 5.74) is 0.898. The predicted molar refractivity (Wildman–Crippen MR) is 88.6 cm³/mol. The van der Waals surface area contributed by atoms with Crippen LogP contribution in [0, 0.1) is 18.6 Å². The molecular weight excluding hydrogens is 350 g/mol. The zero-order valence-electron chi connectivity index (χ0n) is 13.7. The van der Waals surface area contributed by atoms with Crippen LogP contribution >= 0.6 is 0 Å². The van der Waals surface area contributed by atoms with E-state index >= 15 is 0 Å². The molecule has 1 atom stereocenters. The summed E-state index contributed by atoms with van der Waals surface area (Å²) in [7, 11) is -3.68. The van der Waals surface area contributed by atoms with E-state index in [2.05, 4.69) is 4.98 Å². The van der Waals surface area contributed by atoms with Crippen molar-refractivity contribution in [1.29, 1.82) is 0 Å². The van der Waals surface area contributed by atoms with Gasteiger partial charge in [-0.25, -0.2) is 22.2 Å². The summed E-state index contributed by atoms with van der Waals surface area (Å²) in [6.45, 7) is 2.34. The third kappa shape index (κ3) is 4.52. The molecule has 0 saturated carbocycles. The maximum atomic E-state index is 13.2. The smallest absolute Gasteiger partial charge is 0.218 e. The monoisotopic (exact) mass is 368 g/mol. The van der Waals surface area contributed by atoms with Gasteiger partial charge in [0.1, 0.15) is 17.7 Å². The molecule has 3 rings (SSSR count). The lowest BCUT2D eigenvalue weighted by atomic mass is 10.2. The Morgan fingerprint density at radius 1 is 1.24 bits per heavy atom. The van der Waals surface area contributed by atoms with Gasteiger partial charge in [0, 0.05) is 24.4 Å². The van der Waals surface area contributed by atoms with Crippen molar-refractivity contribution in [2.24, 2.45) is 0 Å². The van der Waals surface area contributed by atoms with Gasteiger partial charge in [-0.3, -0.25) is 0 Å². The summed E-state index contributed by atoms with van der Waals surface area (Å²) >= 11 is 0. The second kappa shape index (κ2) is 7.05. The van der Waals surface area contributed by atoms with Gasteiger partial charge < -0.3 is 4.74 Å². The first-order valence-corrected chi connectivity index (χ1v) is 9.46. The average molecular weight is 368 g/mol. The number of rotatable bonds is 5. The Labute approximate surface area is 145 Å². The number of sulfonamides is 1. The number of ether oxygens (including phenoxy) is 1. The van der Waals surface area contributed by atoms with Gasteiger partial charge in [-0.15, -0.1) is 0 Å². The fourth-order valence-corrected chi connectivity index (χ4v) is 4.34. The molecule has 1 saturated heterocycles. The average Bonchev–Trinajstić information content (AvgIpc) is 2.95. The van der Waals surface area contributed by atoms with Crippen molar-refractivity contribution in [1.82, 2.24) is 9.29 Å². The largest absolute Gasteiger partial charge is 0.473 e. The summed E-state index contributed by atoms with van der Waals surface area (Å²) in [5, 5.41) is 0. The van der Waals surface area contributed by atoms with Crippen LogP contribution in [0.4, 0.5) is 8.78 Å². The number of hydrogen-bond acceptors (Lipinski definition) is 4. The molecule has 1 aliphatic rings. The Bertz CT molecular complexity index is 854. The Morgan fingerprint density at radius 2 is 1.96 bits per heavy atom. The number of pyridine rings is 1. The van der Waals surface area contributed by atoms with Crippen LogP contribution in [-0.4, -0.2) is 36.9 Å². The summed E-state index contributed by atoms with van der Waals surface area (Å²) in [4.78, 5) is 4.24. The van der Waals surface area contributed by atoms with E-state index < -0.39 is 27.4 Å². The Kier molecular flexibility index (Phi) is 5.01. The van der Waals surface area contributed by atoms with Crippen molar-refractivity contribution >= 4 is 10.0 Å². The first kappa shape index (κ1) is 17.8. The summed E-state index contributed by atoms with van der Waals surface area (Å²) in [5.74, 6) is -1.58. The maximum Gasteiger partial charge on any atom is 0.218 e. The highest BCUT2D eigenvalue weighted by molar-refractivity contribution is 7.88. The standard InChI is InChI=1S/C17H18F2N2O3S/c1-12-3-2-4-17(20-12)24-16-5-6-21(10-16)25(22,23)11-13-7-14(18)9-15(19)8-13/h2-4,7-9,16H,5-6,10-11H2,1H3. The fourth-order valence-electron chi connectivity index (χ4n) is 2.80. The third-order valence-corrected chi connectivity index (χ3v) is 5.74. The van der Waals surface area contributed by atoms with E-state index in [4.69, 9.17) is 4.74 Å². The Balaban J connectivity index is 1.65. The van der Waals surface area contributed by atoms with Crippen LogP contribution in [0.5, 0.6) is 5.88 Å². The van der Waals surface area contributed by atoms with Crippen molar-refractivity contribution in [3.8, 4) is 5.88 Å². The lowest BCUT2D eigenvalue weighted by Crippen LogP contribution is -2.32. The molecule has 1 aliphatic heterocycles. The maximum absolute atomic E-state index is 13.2. The Morgan fingerprint density at radius 3 is 2.64 bits per heavy atom. The van der Waals surface area contributed by atoms with Gasteiger partial charge in [-0.1, -0.05) is 6.07 Å². The molecule has 0 radical (unpaired) electrons. The van der Waals surface area contributed by atoms with Crippen LogP contribution in [0.2, 0.25) is 0 Å². The molecule has 0 amide bonds. The van der Waals surface area contributed by atoms with E-state index in [0.29, 0.717) is 24.9 Å². The molecule has 2 heterocycles. The third-order valence-electron chi connectivity index (χ3n) is 3.92. The lowest BCUT2D eigenvalue weighted by molar-refractivity contribution is 0.206. The van der Waals surface area contributed by atoms with Crippen molar-refractivity contribution in [3.05, 3.63) is 59.3 Å². The predicted octanol–water partition coefficient (Wildman–Crippen LogP) is 2.65. The van der Waals surface area contributed by atoms with Gasteiger partial charge in [0.15, 0.2) is 0 Å². The number of nitrogens with zero attached hydrogens (tertiary/aromatic N) is 2. The minimum atomic E-state index is -3.68. The SMILES string of the molecule is Cc1cccc(OC2CCN(S(=O)(=O)Cc3cc(F)cc(F)c3)C2)n1. The molecule has 134 valence electrons. The normalized spacial score (nSPS) is 18.4. The molecule has 1 aromatic heterocycles. The zero-order valence-corrected chi connectivity index (χ0v) is 14.5. The number of hydrogen-bond donors (Lipinski definition) is 0. The first-order valence-electron chi connectivity index (χ1n) is 7.85. The molecule has 0 spiro atoms. The number of halogens is 2. The highest BCUT2D eigenvalue weighted by Gasteiger charge is 2.33. The minimum Gasteiger partial charge on any atom is -0.473 e. The summed E-state index contributed by atoms with van der Waals surface area (Å²) in [6.07, 6.45) is 0.236. The minimum absolute atomic E-state index is 0.0854. The van der Waals surface area contributed by atoms with Crippen molar-refractivity contribution in [2.45, 2.75) is 25.2 Å². The second-order valence-corrected chi connectivity index (χ2v) is 8.01. The van der Waals surface area contributed by atoms with Crippen LogP contribution in [0.15, 0.2) is 36.4 Å². The van der Waals surface area contributed by atoms with E-state index in [1.807, 2.05) is 19.1 Å². The molecular formula is C17H18F2N2O3S. The van der Waals surface area contributed by atoms with Crippen molar-refractivity contribution in [3.63, 3.8) is 0 Å². The van der Waals surface area contributed by atoms with Gasteiger partial charge in [0.05, 0.1) is 12.3 Å². The number of benzene rings is 1. The molecule has 0 aliphatic carbocycles. The van der Waals surface area contributed by atoms with Crippen molar-refractivity contribution in [2.75, 3.05) is 13.1 Å². The van der Waals surface area contributed by atoms with E-state index in [1.54, 1.807) is 6.07 Å². The number of aryl methyl sites for hydroxylation is 1. The quantitative estimate of drug-likeness (QED) is 0.814. The van der Waals surface area contributed by atoms with Gasteiger partial charge in [0.2, 0.25) is 15.9 Å². The number of aromatic nitrogens is 1. The molecule has 0 N–H and O–H groups in total. The van der Waals surface area contributed by atoms with E-state index in [1.165, 1.54) is 4.31 Å². The highest BCUT2D eigenvalue weighted by Crippen LogP contribution is 2.22. The molecule has 0 bridgehead atoms. The van der Waals surface area contributed by atoms with Gasteiger partial charge in [-0.2, -0.15) is 4.31 Å². The van der Waals surface area contributed by atoms with Crippen molar-refractivity contribution < 1.29 is 21.9 Å². The van der Waals surface area contributed by atoms with Gasteiger partial charge in [-0.05, 0) is 37.1 Å². The molecule has 25 heavy (non-hydrogen) atoms. The second-order valence-electron chi connectivity index (χ2n) is 6.04. The van der Waals surface area contributed by atoms with E-state index in [0.717, 1.165) is 17.8 Å². The molecule has 2 aromatic rings. The van der Waals surface area contributed by atoms with Crippen LogP contribution in [0.1, 0.15) is 17.7 Å². The molecule has 8 heteroatoms. The summed E-state index contributed by atoms with van der Waals surface area (Å²) < 4.78 is 58.5. The Hall–Kier alpha value is -2.06. The zero-order chi connectivity index (χ0) is 18.0. The van der Waals surface area contributed by atoms with E-state index in [9.17, 15) is 17.2 Å². The van der Waals surface area contributed by atoms with Gasteiger partial charge >= 0.3 is 0 Å². The molecule has 1 fully saturated rings. The van der Waals surface area contributed by atoms with Crippen LogP contribution in [0.3, 0.4) is 0 Å². The first-order chi connectivity index (χ1) is 11.8. The molecule has 1 unspecified atom stereocenters. The fraction of sp³-hybridized carbons (Fsp3) is 0.353. The van der Waals surface area contributed by atoms with E-state index in [-0.39, 0.29) is 18.2 Å². The molecule has 1 aromatic carbocycles. The molecule has 5 nitrogen and oxygen atoms in total. The van der Waals surface area contributed by atoms with Crippen LogP contribution < -0.4 is 4.74 Å². The highest BCUT2D eigenvalue weighted by atomic mass is 32.2. The topological polar surface area (TPSA) is 59.5 Å². The van der Waals surface area contributed by atoms with Crippen LogP contribution in [-0.2, 0) is 15.8 Å². The van der Waals surface area contributed by atoms with Gasteiger partial charge in [0.25, 0.3) is 0 Å². The van der Waals surface area contributed by atoms with Crippen LogP contribution in [0.25, 0.3) is 0 Å².